The van der Waals surface area contributed by atoms with Gasteiger partial charge in [-0.1, -0.05) is 30.3 Å². The van der Waals surface area contributed by atoms with Gasteiger partial charge in [0.25, 0.3) is 0 Å². The second-order valence-corrected chi connectivity index (χ2v) is 6.20. The molecule has 1 amide bonds. The summed E-state index contributed by atoms with van der Waals surface area (Å²) in [6.45, 7) is 1.77. The molecule has 0 saturated carbocycles. The fourth-order valence-electron chi connectivity index (χ4n) is 3.40. The number of likely N-dealkylation sites (N-methyl/N-ethyl adjacent to an activating group) is 1. The quantitative estimate of drug-likeness (QED) is 0.904. The lowest BCUT2D eigenvalue weighted by Gasteiger charge is -2.40. The molecule has 126 valence electrons. The highest BCUT2D eigenvalue weighted by molar-refractivity contribution is 5.81. The molecule has 6 heteroatoms. The molecule has 1 aromatic heterocycles. The predicted octanol–water partition coefficient (Wildman–Crippen LogP) is 1.60. The molecule has 2 atom stereocenters. The minimum Gasteiger partial charge on any atom is -0.368 e. The first-order chi connectivity index (χ1) is 11.7. The van der Waals surface area contributed by atoms with Crippen LogP contribution in [0.1, 0.15) is 24.4 Å². The maximum Gasteiger partial charge on any atom is 0.239 e. The molecule has 0 aliphatic carbocycles. The van der Waals surface area contributed by atoms with Crippen molar-refractivity contribution >= 4 is 11.7 Å². The van der Waals surface area contributed by atoms with Crippen LogP contribution in [0.2, 0.25) is 0 Å². The van der Waals surface area contributed by atoms with Gasteiger partial charge in [-0.3, -0.25) is 9.69 Å². The standard InChI is InChI=1S/C18H23N5O/c1-22(17(18(19)24)14-7-3-2-4-8-14)15-9-6-12-23(13-15)16-10-5-11-20-21-16/h2-5,7-8,10-11,15,17H,6,9,12-13H2,1H3,(H2,19,24). The van der Waals surface area contributed by atoms with E-state index in [1.807, 2.05) is 49.5 Å². The van der Waals surface area contributed by atoms with Gasteiger partial charge in [-0.25, -0.2) is 0 Å². The van der Waals surface area contributed by atoms with E-state index in [1.165, 1.54) is 0 Å². The summed E-state index contributed by atoms with van der Waals surface area (Å²) in [5, 5.41) is 8.16. The monoisotopic (exact) mass is 325 g/mol. The molecular formula is C18H23N5O. The van der Waals surface area contributed by atoms with Crippen LogP contribution in [-0.4, -0.2) is 47.2 Å². The highest BCUT2D eigenvalue weighted by atomic mass is 16.1. The molecule has 6 nitrogen and oxygen atoms in total. The van der Waals surface area contributed by atoms with Gasteiger partial charge in [0.1, 0.15) is 6.04 Å². The lowest BCUT2D eigenvalue weighted by atomic mass is 9.98. The Balaban J connectivity index is 1.77. The molecule has 1 aliphatic heterocycles. The van der Waals surface area contributed by atoms with Crippen LogP contribution < -0.4 is 10.6 Å². The Morgan fingerprint density at radius 1 is 1.29 bits per heavy atom. The van der Waals surface area contributed by atoms with Crippen LogP contribution in [0.3, 0.4) is 0 Å². The molecular weight excluding hydrogens is 302 g/mol. The third kappa shape index (κ3) is 3.54. The van der Waals surface area contributed by atoms with Crippen LogP contribution in [0.25, 0.3) is 0 Å². The molecule has 24 heavy (non-hydrogen) atoms. The van der Waals surface area contributed by atoms with E-state index >= 15 is 0 Å². The summed E-state index contributed by atoms with van der Waals surface area (Å²) in [7, 11) is 1.98. The second kappa shape index (κ2) is 7.40. The number of carbonyl (C=O) groups is 1. The zero-order valence-electron chi connectivity index (χ0n) is 13.9. The molecule has 1 saturated heterocycles. The minimum atomic E-state index is -0.419. The molecule has 0 bridgehead atoms. The molecule has 1 fully saturated rings. The van der Waals surface area contributed by atoms with Crippen LogP contribution in [0.4, 0.5) is 5.82 Å². The molecule has 1 aromatic carbocycles. The Bertz CT molecular complexity index is 664. The number of rotatable bonds is 5. The van der Waals surface area contributed by atoms with Crippen LogP contribution in [0, 0.1) is 0 Å². The molecule has 2 heterocycles. The molecule has 2 unspecified atom stereocenters. The molecule has 1 aliphatic rings. The van der Waals surface area contributed by atoms with Gasteiger partial charge < -0.3 is 10.6 Å². The van der Waals surface area contributed by atoms with Gasteiger partial charge in [0.05, 0.1) is 0 Å². The summed E-state index contributed by atoms with van der Waals surface area (Å²) in [6.07, 6.45) is 3.76. The fraction of sp³-hybridized carbons (Fsp3) is 0.389. The summed E-state index contributed by atoms with van der Waals surface area (Å²) in [5.74, 6) is 0.561. The average Bonchev–Trinajstić information content (AvgIpc) is 2.63. The van der Waals surface area contributed by atoms with Crippen LogP contribution >= 0.6 is 0 Å². The number of nitrogens with two attached hydrogens (primary N) is 1. The van der Waals surface area contributed by atoms with Gasteiger partial charge in [-0.2, -0.15) is 5.10 Å². The lowest BCUT2D eigenvalue weighted by Crippen LogP contribution is -2.50. The Kier molecular flexibility index (Phi) is 5.05. The number of piperidine rings is 1. The van der Waals surface area contributed by atoms with E-state index in [2.05, 4.69) is 20.0 Å². The van der Waals surface area contributed by atoms with Crippen molar-refractivity contribution in [2.45, 2.75) is 24.9 Å². The van der Waals surface area contributed by atoms with E-state index in [1.54, 1.807) is 6.20 Å². The van der Waals surface area contributed by atoms with Crippen molar-refractivity contribution in [3.63, 3.8) is 0 Å². The normalized spacial score (nSPS) is 19.2. The number of hydrogen-bond donors (Lipinski definition) is 1. The van der Waals surface area contributed by atoms with Crippen molar-refractivity contribution in [1.82, 2.24) is 15.1 Å². The van der Waals surface area contributed by atoms with E-state index in [0.29, 0.717) is 0 Å². The molecule has 0 spiro atoms. The number of aromatic nitrogens is 2. The Morgan fingerprint density at radius 2 is 2.08 bits per heavy atom. The number of primary amides is 1. The van der Waals surface area contributed by atoms with E-state index in [4.69, 9.17) is 5.73 Å². The van der Waals surface area contributed by atoms with Crippen LogP contribution in [-0.2, 0) is 4.79 Å². The minimum absolute atomic E-state index is 0.235. The van der Waals surface area contributed by atoms with Crippen molar-refractivity contribution in [3.8, 4) is 0 Å². The highest BCUT2D eigenvalue weighted by Crippen LogP contribution is 2.26. The van der Waals surface area contributed by atoms with Crippen molar-refractivity contribution in [3.05, 3.63) is 54.2 Å². The van der Waals surface area contributed by atoms with Crippen molar-refractivity contribution in [2.24, 2.45) is 5.73 Å². The van der Waals surface area contributed by atoms with Crippen LogP contribution in [0.5, 0.6) is 0 Å². The number of nitrogens with zero attached hydrogens (tertiary/aromatic N) is 4. The van der Waals surface area contributed by atoms with Crippen molar-refractivity contribution < 1.29 is 4.79 Å². The Labute approximate surface area is 142 Å². The zero-order valence-corrected chi connectivity index (χ0v) is 13.9. The molecule has 2 N–H and O–H groups in total. The summed E-state index contributed by atoms with van der Waals surface area (Å²) in [6, 6.07) is 13.4. The summed E-state index contributed by atoms with van der Waals surface area (Å²) in [5.41, 5.74) is 6.64. The van der Waals surface area contributed by atoms with E-state index < -0.39 is 6.04 Å². The van der Waals surface area contributed by atoms with E-state index in [-0.39, 0.29) is 11.9 Å². The largest absolute Gasteiger partial charge is 0.368 e. The number of anilines is 1. The molecule has 0 radical (unpaired) electrons. The van der Waals surface area contributed by atoms with Gasteiger partial charge in [-0.15, -0.1) is 5.10 Å². The fourth-order valence-corrected chi connectivity index (χ4v) is 3.40. The number of benzene rings is 1. The van der Waals surface area contributed by atoms with E-state index in [9.17, 15) is 4.79 Å². The van der Waals surface area contributed by atoms with Gasteiger partial charge in [-0.05, 0) is 37.6 Å². The zero-order chi connectivity index (χ0) is 16.9. The van der Waals surface area contributed by atoms with E-state index in [0.717, 1.165) is 37.3 Å². The first kappa shape index (κ1) is 16.4. The lowest BCUT2D eigenvalue weighted by molar-refractivity contribution is -0.123. The topological polar surface area (TPSA) is 75.3 Å². The first-order valence-electron chi connectivity index (χ1n) is 8.25. The number of carbonyl (C=O) groups excluding carboxylic acids is 1. The smallest absolute Gasteiger partial charge is 0.239 e. The second-order valence-electron chi connectivity index (χ2n) is 6.20. The van der Waals surface area contributed by atoms with Crippen molar-refractivity contribution in [2.75, 3.05) is 25.0 Å². The summed E-state index contributed by atoms with van der Waals surface area (Å²) >= 11 is 0. The number of hydrogen-bond acceptors (Lipinski definition) is 5. The SMILES string of the molecule is CN(C1CCCN(c2cccnn2)C1)C(C(N)=O)c1ccccc1. The van der Waals surface area contributed by atoms with Gasteiger partial charge in [0, 0.05) is 25.3 Å². The Hall–Kier alpha value is -2.47. The summed E-state index contributed by atoms with van der Waals surface area (Å²) in [4.78, 5) is 16.4. The third-order valence-corrected chi connectivity index (χ3v) is 4.65. The van der Waals surface area contributed by atoms with Gasteiger partial charge in [0.2, 0.25) is 5.91 Å². The van der Waals surface area contributed by atoms with Crippen molar-refractivity contribution in [1.29, 1.82) is 0 Å². The first-order valence-corrected chi connectivity index (χ1v) is 8.25. The number of amides is 1. The highest BCUT2D eigenvalue weighted by Gasteiger charge is 2.31. The maximum absolute atomic E-state index is 12.1. The van der Waals surface area contributed by atoms with Gasteiger partial charge >= 0.3 is 0 Å². The maximum atomic E-state index is 12.1. The average molecular weight is 325 g/mol. The molecule has 3 rings (SSSR count). The molecule has 2 aromatic rings. The predicted molar refractivity (Wildman–Crippen MR) is 93.4 cm³/mol. The summed E-state index contributed by atoms with van der Waals surface area (Å²) < 4.78 is 0. The van der Waals surface area contributed by atoms with Crippen LogP contribution in [0.15, 0.2) is 48.7 Å². The Morgan fingerprint density at radius 3 is 2.75 bits per heavy atom. The van der Waals surface area contributed by atoms with Gasteiger partial charge in [0.15, 0.2) is 5.82 Å². The third-order valence-electron chi connectivity index (χ3n) is 4.65.